The highest BCUT2D eigenvalue weighted by molar-refractivity contribution is 5.92. The minimum absolute atomic E-state index is 0.215. The number of carbonyl (C=O) groups is 1. The van der Waals surface area contributed by atoms with Gasteiger partial charge in [-0.3, -0.25) is 9.59 Å². The van der Waals surface area contributed by atoms with Gasteiger partial charge in [0.1, 0.15) is 5.69 Å². The maximum atomic E-state index is 11.8. The molecule has 0 aliphatic heterocycles. The highest BCUT2D eigenvalue weighted by Gasteiger charge is 2.17. The lowest BCUT2D eigenvalue weighted by Crippen LogP contribution is -2.36. The molecule has 0 atom stereocenters. The average molecular weight is 291 g/mol. The molecule has 0 unspecified atom stereocenters. The molecule has 1 aromatic heterocycles. The van der Waals surface area contributed by atoms with Gasteiger partial charge in [-0.25, -0.2) is 0 Å². The van der Waals surface area contributed by atoms with Gasteiger partial charge in [0.05, 0.1) is 0 Å². The van der Waals surface area contributed by atoms with E-state index >= 15 is 0 Å². The van der Waals surface area contributed by atoms with Crippen LogP contribution < -0.4 is 10.9 Å². The molecule has 116 valence electrons. The number of aromatic nitrogens is 1. The highest BCUT2D eigenvalue weighted by atomic mass is 16.2. The second kappa shape index (κ2) is 7.98. The molecule has 0 radical (unpaired) electrons. The summed E-state index contributed by atoms with van der Waals surface area (Å²) < 4.78 is 0. The molecule has 0 spiro atoms. The first-order chi connectivity index (χ1) is 10.2. The predicted molar refractivity (Wildman–Crippen MR) is 83.5 cm³/mol. The molecule has 1 saturated carbocycles. The van der Waals surface area contributed by atoms with Crippen LogP contribution in [-0.2, 0) is 0 Å². The number of hydrogen-bond donors (Lipinski definition) is 2. The van der Waals surface area contributed by atoms with Crippen molar-refractivity contribution in [3.63, 3.8) is 0 Å². The van der Waals surface area contributed by atoms with Crippen LogP contribution in [0.25, 0.3) is 0 Å². The zero-order valence-corrected chi connectivity index (χ0v) is 12.7. The van der Waals surface area contributed by atoms with Crippen LogP contribution in [0.1, 0.15) is 49.0 Å². The quantitative estimate of drug-likeness (QED) is 0.785. The number of carbonyl (C=O) groups excluding carboxylic acids is 1. The molecule has 2 rings (SSSR count). The molecule has 1 heterocycles. The van der Waals surface area contributed by atoms with Crippen molar-refractivity contribution in [2.45, 2.75) is 44.6 Å². The molecule has 0 bridgehead atoms. The second-order valence-corrected chi connectivity index (χ2v) is 5.81. The fourth-order valence-electron chi connectivity index (χ4n) is 2.91. The second-order valence-electron chi connectivity index (χ2n) is 5.81. The van der Waals surface area contributed by atoms with Gasteiger partial charge in [-0.15, -0.1) is 0 Å². The summed E-state index contributed by atoms with van der Waals surface area (Å²) in [4.78, 5) is 27.9. The summed E-state index contributed by atoms with van der Waals surface area (Å²) >= 11 is 0. The van der Waals surface area contributed by atoms with Gasteiger partial charge >= 0.3 is 0 Å². The maximum absolute atomic E-state index is 11.8. The Morgan fingerprint density at radius 1 is 1.33 bits per heavy atom. The number of hydrogen-bond acceptors (Lipinski definition) is 3. The molecule has 21 heavy (non-hydrogen) atoms. The zero-order valence-electron chi connectivity index (χ0n) is 12.7. The van der Waals surface area contributed by atoms with E-state index in [9.17, 15) is 9.59 Å². The largest absolute Gasteiger partial charge is 0.351 e. The molecule has 5 heteroatoms. The van der Waals surface area contributed by atoms with Crippen LogP contribution in [0.3, 0.4) is 0 Å². The van der Waals surface area contributed by atoms with Gasteiger partial charge < -0.3 is 15.2 Å². The Bertz CT molecular complexity index is 506. The van der Waals surface area contributed by atoms with Crippen LogP contribution in [0, 0.1) is 0 Å². The van der Waals surface area contributed by atoms with Crippen LogP contribution >= 0.6 is 0 Å². The van der Waals surface area contributed by atoms with E-state index in [2.05, 4.69) is 22.2 Å². The maximum Gasteiger partial charge on any atom is 0.267 e. The number of aromatic amines is 1. The molecule has 1 aliphatic carbocycles. The number of pyridine rings is 1. The molecular formula is C16H25N3O2. The number of rotatable bonds is 6. The lowest BCUT2D eigenvalue weighted by atomic mass is 9.94. The number of H-pyrrole nitrogens is 1. The summed E-state index contributed by atoms with van der Waals surface area (Å²) in [7, 11) is 2.17. The van der Waals surface area contributed by atoms with Gasteiger partial charge in [0, 0.05) is 18.7 Å². The van der Waals surface area contributed by atoms with Crippen LogP contribution in [0.5, 0.6) is 0 Å². The van der Waals surface area contributed by atoms with Gasteiger partial charge in [-0.1, -0.05) is 25.3 Å². The molecule has 2 N–H and O–H groups in total. The molecule has 1 aliphatic rings. The standard InChI is InChI=1S/C16H25N3O2/c1-19(13-7-3-2-4-8-13)12-6-11-17-16(21)14-9-5-10-15(20)18-14/h5,9-10,13H,2-4,6-8,11-12H2,1H3,(H,17,21)(H,18,20). The van der Waals surface area contributed by atoms with E-state index in [1.807, 2.05) is 0 Å². The summed E-state index contributed by atoms with van der Waals surface area (Å²) in [6.07, 6.45) is 7.58. The van der Waals surface area contributed by atoms with Crippen molar-refractivity contribution in [1.29, 1.82) is 0 Å². The monoisotopic (exact) mass is 291 g/mol. The first-order valence-electron chi connectivity index (χ1n) is 7.84. The van der Waals surface area contributed by atoms with Gasteiger partial charge in [0.15, 0.2) is 0 Å². The number of nitrogens with zero attached hydrogens (tertiary/aromatic N) is 1. The van der Waals surface area contributed by atoms with Crippen molar-refractivity contribution in [1.82, 2.24) is 15.2 Å². The van der Waals surface area contributed by atoms with E-state index < -0.39 is 0 Å². The summed E-state index contributed by atoms with van der Waals surface area (Å²) in [6, 6.07) is 5.31. The molecular weight excluding hydrogens is 266 g/mol. The molecule has 0 saturated heterocycles. The molecule has 1 fully saturated rings. The molecule has 0 aromatic carbocycles. The number of amides is 1. The van der Waals surface area contributed by atoms with Crippen molar-refractivity contribution < 1.29 is 4.79 Å². The van der Waals surface area contributed by atoms with Crippen molar-refractivity contribution >= 4 is 5.91 Å². The summed E-state index contributed by atoms with van der Waals surface area (Å²) in [5.74, 6) is -0.215. The van der Waals surface area contributed by atoms with E-state index in [0.717, 1.165) is 13.0 Å². The SMILES string of the molecule is CN(CCCNC(=O)c1cccc(=O)[nH]1)C1CCCCC1. The van der Waals surface area contributed by atoms with Crippen molar-refractivity contribution in [3.05, 3.63) is 34.2 Å². The van der Waals surface area contributed by atoms with Crippen molar-refractivity contribution in [2.75, 3.05) is 20.1 Å². The summed E-state index contributed by atoms with van der Waals surface area (Å²) in [5.41, 5.74) is 0.0721. The lowest BCUT2D eigenvalue weighted by Gasteiger charge is -2.31. The van der Waals surface area contributed by atoms with E-state index in [4.69, 9.17) is 0 Å². The first kappa shape index (κ1) is 15.8. The van der Waals surface area contributed by atoms with Crippen molar-refractivity contribution in [3.8, 4) is 0 Å². The third-order valence-corrected chi connectivity index (χ3v) is 4.18. The first-order valence-corrected chi connectivity index (χ1v) is 7.84. The topological polar surface area (TPSA) is 65.2 Å². The number of nitrogens with one attached hydrogen (secondary N) is 2. The average Bonchev–Trinajstić information content (AvgIpc) is 2.52. The zero-order chi connectivity index (χ0) is 15.1. The fraction of sp³-hybridized carbons (Fsp3) is 0.625. The van der Waals surface area contributed by atoms with Crippen LogP contribution in [-0.4, -0.2) is 42.0 Å². The van der Waals surface area contributed by atoms with Gasteiger partial charge in [0.2, 0.25) is 5.56 Å². The normalized spacial score (nSPS) is 16.1. The molecule has 1 aromatic rings. The lowest BCUT2D eigenvalue weighted by molar-refractivity contribution is 0.0945. The van der Waals surface area contributed by atoms with Gasteiger partial charge in [-0.2, -0.15) is 0 Å². The minimum atomic E-state index is -0.250. The molecule has 1 amide bonds. The third kappa shape index (κ3) is 5.01. The Hall–Kier alpha value is -1.62. The van der Waals surface area contributed by atoms with E-state index in [-0.39, 0.29) is 11.5 Å². The minimum Gasteiger partial charge on any atom is -0.351 e. The van der Waals surface area contributed by atoms with Crippen LogP contribution in [0.15, 0.2) is 23.0 Å². The smallest absolute Gasteiger partial charge is 0.267 e. The summed E-state index contributed by atoms with van der Waals surface area (Å²) in [5, 5.41) is 2.85. The Morgan fingerprint density at radius 3 is 2.81 bits per heavy atom. The third-order valence-electron chi connectivity index (χ3n) is 4.18. The highest BCUT2D eigenvalue weighted by Crippen LogP contribution is 2.21. The fourth-order valence-corrected chi connectivity index (χ4v) is 2.91. The Morgan fingerprint density at radius 2 is 2.10 bits per heavy atom. The Labute approximate surface area is 125 Å². The van der Waals surface area contributed by atoms with Gasteiger partial charge in [0.25, 0.3) is 5.91 Å². The van der Waals surface area contributed by atoms with Gasteiger partial charge in [-0.05, 0) is 38.9 Å². The molecule has 5 nitrogen and oxygen atoms in total. The van der Waals surface area contributed by atoms with E-state index in [1.165, 1.54) is 38.2 Å². The Kier molecular flexibility index (Phi) is 5.99. The van der Waals surface area contributed by atoms with E-state index in [1.54, 1.807) is 12.1 Å². The van der Waals surface area contributed by atoms with Crippen LogP contribution in [0.2, 0.25) is 0 Å². The van der Waals surface area contributed by atoms with E-state index in [0.29, 0.717) is 18.3 Å². The van der Waals surface area contributed by atoms with Crippen LogP contribution in [0.4, 0.5) is 0 Å². The Balaban J connectivity index is 1.67. The predicted octanol–water partition coefficient (Wildman–Crippen LogP) is 1.76. The summed E-state index contributed by atoms with van der Waals surface area (Å²) in [6.45, 7) is 1.63. The van der Waals surface area contributed by atoms with Crippen molar-refractivity contribution in [2.24, 2.45) is 0 Å².